The van der Waals surface area contributed by atoms with Crippen molar-refractivity contribution < 1.29 is 14.0 Å². The minimum atomic E-state index is -0.389. The lowest BCUT2D eigenvalue weighted by atomic mass is 10.1. The van der Waals surface area contributed by atoms with Crippen LogP contribution in [0.5, 0.6) is 0 Å². The van der Waals surface area contributed by atoms with Gasteiger partial charge in [-0.25, -0.2) is 4.39 Å². The summed E-state index contributed by atoms with van der Waals surface area (Å²) in [5, 5.41) is 5.19. The maximum atomic E-state index is 13.0. The van der Waals surface area contributed by atoms with E-state index in [0.29, 0.717) is 12.1 Å². The lowest BCUT2D eigenvalue weighted by Gasteiger charge is -2.07. The summed E-state index contributed by atoms with van der Waals surface area (Å²) in [4.78, 5) is 27.2. The predicted molar refractivity (Wildman–Crippen MR) is 79.2 cm³/mol. The summed E-state index contributed by atoms with van der Waals surface area (Å²) in [7, 11) is 0. The van der Waals surface area contributed by atoms with Crippen LogP contribution in [0.15, 0.2) is 48.8 Å². The fourth-order valence-corrected chi connectivity index (χ4v) is 1.84. The fourth-order valence-electron chi connectivity index (χ4n) is 1.84. The van der Waals surface area contributed by atoms with Gasteiger partial charge in [0.2, 0.25) is 11.8 Å². The Kier molecular flexibility index (Phi) is 5.59. The standard InChI is InChI=1S/C16H16FN3O2/c17-14-3-1-2-13(8-14)9-15(21)20-11-16(22)19-10-12-4-6-18-7-5-12/h1-8H,9-11H2,(H,19,22)(H,20,21). The van der Waals surface area contributed by atoms with E-state index < -0.39 is 0 Å². The topological polar surface area (TPSA) is 71.1 Å². The minimum Gasteiger partial charge on any atom is -0.350 e. The largest absolute Gasteiger partial charge is 0.350 e. The molecule has 0 atom stereocenters. The molecule has 0 unspecified atom stereocenters. The zero-order chi connectivity index (χ0) is 15.8. The van der Waals surface area contributed by atoms with E-state index in [9.17, 15) is 14.0 Å². The third-order valence-corrected chi connectivity index (χ3v) is 2.94. The van der Waals surface area contributed by atoms with Gasteiger partial charge in [-0.15, -0.1) is 0 Å². The molecule has 1 aromatic heterocycles. The van der Waals surface area contributed by atoms with Crippen LogP contribution in [0, 0.1) is 5.82 Å². The average Bonchev–Trinajstić information content (AvgIpc) is 2.52. The number of carbonyl (C=O) groups excluding carboxylic acids is 2. The Morgan fingerprint density at radius 2 is 1.77 bits per heavy atom. The van der Waals surface area contributed by atoms with Crippen molar-refractivity contribution in [3.63, 3.8) is 0 Å². The molecule has 22 heavy (non-hydrogen) atoms. The van der Waals surface area contributed by atoms with E-state index >= 15 is 0 Å². The molecular weight excluding hydrogens is 285 g/mol. The summed E-state index contributed by atoms with van der Waals surface area (Å²) in [6.07, 6.45) is 3.32. The van der Waals surface area contributed by atoms with Crippen LogP contribution >= 0.6 is 0 Å². The molecule has 0 aliphatic carbocycles. The molecule has 2 aromatic rings. The Labute approximate surface area is 127 Å². The molecule has 0 aliphatic rings. The molecule has 114 valence electrons. The summed E-state index contributed by atoms with van der Waals surface area (Å²) >= 11 is 0. The van der Waals surface area contributed by atoms with Gasteiger partial charge in [-0.1, -0.05) is 12.1 Å². The minimum absolute atomic E-state index is 0.0371. The van der Waals surface area contributed by atoms with Gasteiger partial charge in [0, 0.05) is 18.9 Å². The number of rotatable bonds is 6. The Morgan fingerprint density at radius 3 is 2.50 bits per heavy atom. The molecule has 6 heteroatoms. The summed E-state index contributed by atoms with van der Waals surface area (Å²) in [5.74, 6) is -1.01. The predicted octanol–water partition coefficient (Wildman–Crippen LogP) is 1.20. The highest BCUT2D eigenvalue weighted by atomic mass is 19.1. The van der Waals surface area contributed by atoms with E-state index in [-0.39, 0.29) is 30.6 Å². The number of hydrogen-bond donors (Lipinski definition) is 2. The molecule has 0 saturated heterocycles. The second kappa shape index (κ2) is 7.87. The molecule has 0 bridgehead atoms. The van der Waals surface area contributed by atoms with Gasteiger partial charge < -0.3 is 10.6 Å². The van der Waals surface area contributed by atoms with Crippen molar-refractivity contribution in [3.8, 4) is 0 Å². The zero-order valence-corrected chi connectivity index (χ0v) is 11.9. The van der Waals surface area contributed by atoms with E-state index in [4.69, 9.17) is 0 Å². The van der Waals surface area contributed by atoms with Crippen molar-refractivity contribution in [2.24, 2.45) is 0 Å². The number of hydrogen-bond acceptors (Lipinski definition) is 3. The van der Waals surface area contributed by atoms with E-state index in [1.807, 2.05) is 0 Å². The van der Waals surface area contributed by atoms with Crippen LogP contribution in [0.4, 0.5) is 4.39 Å². The van der Waals surface area contributed by atoms with Gasteiger partial charge in [-0.3, -0.25) is 14.6 Å². The second-order valence-electron chi connectivity index (χ2n) is 4.72. The molecule has 2 N–H and O–H groups in total. The lowest BCUT2D eigenvalue weighted by Crippen LogP contribution is -2.37. The number of nitrogens with one attached hydrogen (secondary N) is 2. The molecule has 0 fully saturated rings. The van der Waals surface area contributed by atoms with Gasteiger partial charge in [-0.2, -0.15) is 0 Å². The molecule has 1 aromatic carbocycles. The van der Waals surface area contributed by atoms with Crippen molar-refractivity contribution in [3.05, 3.63) is 65.7 Å². The maximum Gasteiger partial charge on any atom is 0.239 e. The van der Waals surface area contributed by atoms with Crippen LogP contribution in [0.2, 0.25) is 0 Å². The first kappa shape index (κ1) is 15.6. The fraction of sp³-hybridized carbons (Fsp3) is 0.188. The molecule has 0 radical (unpaired) electrons. The number of pyridine rings is 1. The Balaban J connectivity index is 1.70. The van der Waals surface area contributed by atoms with Gasteiger partial charge in [-0.05, 0) is 35.4 Å². The SMILES string of the molecule is O=C(CNC(=O)Cc1cccc(F)c1)NCc1ccncc1. The quantitative estimate of drug-likeness (QED) is 0.842. The van der Waals surface area contributed by atoms with Gasteiger partial charge in [0.15, 0.2) is 0 Å². The molecule has 5 nitrogen and oxygen atoms in total. The summed E-state index contributed by atoms with van der Waals surface area (Å²) in [5.41, 5.74) is 1.49. The van der Waals surface area contributed by atoms with E-state index in [2.05, 4.69) is 15.6 Å². The van der Waals surface area contributed by atoms with Crippen molar-refractivity contribution in [1.29, 1.82) is 0 Å². The van der Waals surface area contributed by atoms with Crippen LogP contribution in [-0.2, 0) is 22.6 Å². The Morgan fingerprint density at radius 1 is 1.00 bits per heavy atom. The molecular formula is C16H16FN3O2. The summed E-state index contributed by atoms with van der Waals surface area (Å²) in [6, 6.07) is 9.40. The van der Waals surface area contributed by atoms with Crippen LogP contribution < -0.4 is 10.6 Å². The molecule has 0 saturated carbocycles. The van der Waals surface area contributed by atoms with Crippen LogP contribution in [0.1, 0.15) is 11.1 Å². The van der Waals surface area contributed by atoms with E-state index in [0.717, 1.165) is 5.56 Å². The molecule has 0 spiro atoms. The highest BCUT2D eigenvalue weighted by Gasteiger charge is 2.07. The van der Waals surface area contributed by atoms with Crippen LogP contribution in [-0.4, -0.2) is 23.3 Å². The number of amides is 2. The lowest BCUT2D eigenvalue weighted by molar-refractivity contribution is -0.125. The number of nitrogens with zero attached hydrogens (tertiary/aromatic N) is 1. The first-order valence-electron chi connectivity index (χ1n) is 6.80. The van der Waals surface area contributed by atoms with Gasteiger partial charge >= 0.3 is 0 Å². The highest BCUT2D eigenvalue weighted by Crippen LogP contribution is 2.03. The van der Waals surface area contributed by atoms with Gasteiger partial charge in [0.05, 0.1) is 13.0 Å². The van der Waals surface area contributed by atoms with Gasteiger partial charge in [0.25, 0.3) is 0 Å². The van der Waals surface area contributed by atoms with Crippen molar-refractivity contribution in [2.75, 3.05) is 6.54 Å². The molecule has 2 rings (SSSR count). The van der Waals surface area contributed by atoms with Crippen LogP contribution in [0.25, 0.3) is 0 Å². The normalized spacial score (nSPS) is 10.0. The molecule has 2 amide bonds. The average molecular weight is 301 g/mol. The summed E-state index contributed by atoms with van der Waals surface area (Å²) in [6.45, 7) is 0.264. The monoisotopic (exact) mass is 301 g/mol. The van der Waals surface area contributed by atoms with Crippen molar-refractivity contribution >= 4 is 11.8 Å². The first-order valence-corrected chi connectivity index (χ1v) is 6.80. The second-order valence-corrected chi connectivity index (χ2v) is 4.72. The van der Waals surface area contributed by atoms with Crippen molar-refractivity contribution in [2.45, 2.75) is 13.0 Å². The number of halogens is 1. The van der Waals surface area contributed by atoms with E-state index in [1.54, 1.807) is 36.7 Å². The third kappa shape index (κ3) is 5.32. The third-order valence-electron chi connectivity index (χ3n) is 2.94. The molecule has 0 aliphatic heterocycles. The van der Waals surface area contributed by atoms with Gasteiger partial charge in [0.1, 0.15) is 5.82 Å². The first-order chi connectivity index (χ1) is 10.6. The summed E-state index contributed by atoms with van der Waals surface area (Å²) < 4.78 is 13.0. The maximum absolute atomic E-state index is 13.0. The highest BCUT2D eigenvalue weighted by molar-refractivity contribution is 5.85. The number of benzene rings is 1. The van der Waals surface area contributed by atoms with Crippen LogP contribution in [0.3, 0.4) is 0 Å². The molecule has 1 heterocycles. The number of carbonyl (C=O) groups is 2. The number of aromatic nitrogens is 1. The zero-order valence-electron chi connectivity index (χ0n) is 11.9. The van der Waals surface area contributed by atoms with Crippen molar-refractivity contribution in [1.82, 2.24) is 15.6 Å². The Hall–Kier alpha value is -2.76. The van der Waals surface area contributed by atoms with E-state index in [1.165, 1.54) is 12.1 Å². The Bertz CT molecular complexity index is 647. The smallest absolute Gasteiger partial charge is 0.239 e.